The lowest BCUT2D eigenvalue weighted by atomic mass is 9.98. The Kier molecular flexibility index (Phi) is 5.69. The maximum Gasteiger partial charge on any atom is 0.416 e. The Labute approximate surface area is 187 Å². The summed E-state index contributed by atoms with van der Waals surface area (Å²) in [5.41, 5.74) is 1.54. The van der Waals surface area contributed by atoms with E-state index in [1.54, 1.807) is 6.07 Å². The molecule has 3 aromatic rings. The number of rotatable bonds is 4. The van der Waals surface area contributed by atoms with Gasteiger partial charge in [-0.25, -0.2) is 4.90 Å². The molecule has 0 unspecified atom stereocenters. The molecule has 0 aromatic heterocycles. The van der Waals surface area contributed by atoms with E-state index in [0.29, 0.717) is 5.56 Å². The predicted molar refractivity (Wildman–Crippen MR) is 119 cm³/mol. The highest BCUT2D eigenvalue weighted by molar-refractivity contribution is 8.04. The van der Waals surface area contributed by atoms with Gasteiger partial charge >= 0.3 is 6.18 Å². The summed E-state index contributed by atoms with van der Waals surface area (Å²) in [6.07, 6.45) is -4.59. The van der Waals surface area contributed by atoms with Crippen LogP contribution < -0.4 is 4.90 Å². The van der Waals surface area contributed by atoms with Crippen molar-refractivity contribution in [3.63, 3.8) is 0 Å². The van der Waals surface area contributed by atoms with E-state index in [1.807, 2.05) is 56.3 Å². The zero-order valence-corrected chi connectivity index (χ0v) is 18.1. The number of halogens is 3. The van der Waals surface area contributed by atoms with Gasteiger partial charge in [-0.3, -0.25) is 9.59 Å². The van der Waals surface area contributed by atoms with Crippen LogP contribution in [-0.4, -0.2) is 11.8 Å². The summed E-state index contributed by atoms with van der Waals surface area (Å²) < 4.78 is 39.7. The second-order valence-corrected chi connectivity index (χ2v) is 8.52. The molecule has 0 bridgehead atoms. The van der Waals surface area contributed by atoms with Crippen LogP contribution in [0, 0.1) is 13.8 Å². The molecule has 0 radical (unpaired) electrons. The smallest absolute Gasteiger partial charge is 0.268 e. The van der Waals surface area contributed by atoms with Crippen LogP contribution in [-0.2, 0) is 15.8 Å². The van der Waals surface area contributed by atoms with Gasteiger partial charge in [-0.1, -0.05) is 59.8 Å². The number of aryl methyl sites for hydroxylation is 2. The van der Waals surface area contributed by atoms with Crippen molar-refractivity contribution in [2.45, 2.75) is 24.9 Å². The summed E-state index contributed by atoms with van der Waals surface area (Å²) in [6, 6.07) is 18.8. The molecule has 0 saturated carbocycles. The van der Waals surface area contributed by atoms with Crippen molar-refractivity contribution in [2.75, 3.05) is 4.90 Å². The van der Waals surface area contributed by atoms with Gasteiger partial charge in [0.1, 0.15) is 0 Å². The van der Waals surface area contributed by atoms with Gasteiger partial charge in [0.05, 0.1) is 21.7 Å². The number of carbonyl (C=O) groups is 2. The van der Waals surface area contributed by atoms with E-state index in [4.69, 9.17) is 0 Å². The quantitative estimate of drug-likeness (QED) is 0.429. The minimum Gasteiger partial charge on any atom is -0.268 e. The third-order valence-corrected chi connectivity index (χ3v) is 6.18. The average molecular weight is 453 g/mol. The molecule has 32 heavy (non-hydrogen) atoms. The van der Waals surface area contributed by atoms with Gasteiger partial charge in [0.2, 0.25) is 0 Å². The highest BCUT2D eigenvalue weighted by Gasteiger charge is 2.41. The topological polar surface area (TPSA) is 37.4 Å². The van der Waals surface area contributed by atoms with Gasteiger partial charge in [-0.05, 0) is 55.3 Å². The number of nitrogens with zero attached hydrogens (tertiary/aromatic N) is 1. The molecule has 0 aliphatic carbocycles. The molecule has 1 aliphatic rings. The number of amides is 2. The molecule has 0 spiro atoms. The molecule has 1 aliphatic heterocycles. The van der Waals surface area contributed by atoms with Crippen molar-refractivity contribution >= 4 is 34.8 Å². The summed E-state index contributed by atoms with van der Waals surface area (Å²) in [5, 5.41) is 0. The maximum absolute atomic E-state index is 13.5. The number of benzene rings is 3. The van der Waals surface area contributed by atoms with Crippen molar-refractivity contribution in [1.29, 1.82) is 0 Å². The summed E-state index contributed by atoms with van der Waals surface area (Å²) in [5.74, 6) is -1.28. The number of alkyl halides is 3. The van der Waals surface area contributed by atoms with Crippen molar-refractivity contribution in [2.24, 2.45) is 0 Å². The summed E-state index contributed by atoms with van der Waals surface area (Å²) in [7, 11) is 0. The zero-order valence-electron chi connectivity index (χ0n) is 17.2. The molecule has 3 nitrogen and oxygen atoms in total. The fraction of sp³-hybridized carbons (Fsp3) is 0.120. The first-order valence-corrected chi connectivity index (χ1v) is 10.6. The van der Waals surface area contributed by atoms with Gasteiger partial charge < -0.3 is 0 Å². The van der Waals surface area contributed by atoms with Crippen LogP contribution >= 0.6 is 11.8 Å². The Morgan fingerprint density at radius 1 is 0.812 bits per heavy atom. The summed E-state index contributed by atoms with van der Waals surface area (Å²) in [4.78, 5) is 28.6. The van der Waals surface area contributed by atoms with Crippen LogP contribution in [0.15, 0.2) is 82.6 Å². The van der Waals surface area contributed by atoms with Crippen LogP contribution in [0.25, 0.3) is 5.57 Å². The molecule has 4 rings (SSSR count). The normalized spacial score (nSPS) is 14.5. The number of thioether (sulfide) groups is 1. The summed E-state index contributed by atoms with van der Waals surface area (Å²) in [6.45, 7) is 3.76. The fourth-order valence-corrected chi connectivity index (χ4v) is 4.60. The SMILES string of the molecule is Cc1ccc(C2=C(Sc3ccccc3)C(=O)N(c3cccc(C(F)(F)F)c3)C2=O)c(C)c1. The largest absolute Gasteiger partial charge is 0.416 e. The minimum atomic E-state index is -4.59. The first-order chi connectivity index (χ1) is 15.2. The highest BCUT2D eigenvalue weighted by Crippen LogP contribution is 2.43. The van der Waals surface area contributed by atoms with Crippen LogP contribution in [0.5, 0.6) is 0 Å². The second kappa shape index (κ2) is 8.31. The number of hydrogen-bond acceptors (Lipinski definition) is 3. The molecule has 7 heteroatoms. The molecule has 0 N–H and O–H groups in total. The van der Waals surface area contributed by atoms with E-state index < -0.39 is 23.6 Å². The first-order valence-electron chi connectivity index (χ1n) is 9.77. The third-order valence-electron chi connectivity index (χ3n) is 5.09. The lowest BCUT2D eigenvalue weighted by molar-refractivity contribution is -0.137. The van der Waals surface area contributed by atoms with Gasteiger partial charge in [-0.2, -0.15) is 13.2 Å². The van der Waals surface area contributed by atoms with E-state index in [2.05, 4.69) is 0 Å². The number of imide groups is 1. The molecule has 0 saturated heterocycles. The lowest BCUT2D eigenvalue weighted by Crippen LogP contribution is -2.31. The zero-order chi connectivity index (χ0) is 23.0. The van der Waals surface area contributed by atoms with Gasteiger partial charge in [0, 0.05) is 4.90 Å². The van der Waals surface area contributed by atoms with E-state index >= 15 is 0 Å². The Morgan fingerprint density at radius 3 is 2.19 bits per heavy atom. The van der Waals surface area contributed by atoms with Gasteiger partial charge in [0.15, 0.2) is 0 Å². The fourth-order valence-electron chi connectivity index (χ4n) is 3.60. The van der Waals surface area contributed by atoms with Crippen LogP contribution in [0.1, 0.15) is 22.3 Å². The molecular weight excluding hydrogens is 435 g/mol. The number of carbonyl (C=O) groups excluding carboxylic acids is 2. The Hall–Kier alpha value is -3.32. The van der Waals surface area contributed by atoms with Crippen LogP contribution in [0.2, 0.25) is 0 Å². The molecular formula is C25H18F3NO2S. The van der Waals surface area contributed by atoms with E-state index in [-0.39, 0.29) is 16.2 Å². The standard InChI is InChI=1S/C25H18F3NO2S/c1-15-11-12-20(16(2)13-15)21-22(32-19-9-4-3-5-10-19)24(31)29(23(21)30)18-8-6-7-17(14-18)25(26,27)28/h3-14H,1-2H3. The van der Waals surface area contributed by atoms with Crippen molar-refractivity contribution in [3.05, 3.63) is 100.0 Å². The summed E-state index contributed by atoms with van der Waals surface area (Å²) >= 11 is 1.13. The Balaban J connectivity index is 1.85. The molecule has 1 heterocycles. The molecule has 2 amide bonds. The van der Waals surface area contributed by atoms with Gasteiger partial charge in [0.25, 0.3) is 11.8 Å². The van der Waals surface area contributed by atoms with E-state index in [1.165, 1.54) is 12.1 Å². The predicted octanol–water partition coefficient (Wildman–Crippen LogP) is 6.40. The van der Waals surface area contributed by atoms with E-state index in [9.17, 15) is 22.8 Å². The number of hydrogen-bond donors (Lipinski definition) is 0. The molecule has 162 valence electrons. The second-order valence-electron chi connectivity index (χ2n) is 7.43. The minimum absolute atomic E-state index is 0.110. The molecule has 0 fully saturated rings. The number of anilines is 1. The lowest BCUT2D eigenvalue weighted by Gasteiger charge is -2.17. The van der Waals surface area contributed by atoms with Crippen LogP contribution in [0.4, 0.5) is 18.9 Å². The Morgan fingerprint density at radius 2 is 1.53 bits per heavy atom. The molecule has 0 atom stereocenters. The van der Waals surface area contributed by atoms with Crippen molar-refractivity contribution < 1.29 is 22.8 Å². The third kappa shape index (κ3) is 4.08. The Bertz CT molecular complexity index is 1250. The monoisotopic (exact) mass is 453 g/mol. The first kappa shape index (κ1) is 21.9. The van der Waals surface area contributed by atoms with E-state index in [0.717, 1.165) is 44.8 Å². The van der Waals surface area contributed by atoms with Crippen molar-refractivity contribution in [3.8, 4) is 0 Å². The molecule has 3 aromatic carbocycles. The highest BCUT2D eigenvalue weighted by atomic mass is 32.2. The van der Waals surface area contributed by atoms with Gasteiger partial charge in [-0.15, -0.1) is 0 Å². The van der Waals surface area contributed by atoms with Crippen LogP contribution in [0.3, 0.4) is 0 Å². The van der Waals surface area contributed by atoms with Crippen molar-refractivity contribution in [1.82, 2.24) is 0 Å². The average Bonchev–Trinajstić information content (AvgIpc) is 2.98. The maximum atomic E-state index is 13.5.